The zero-order valence-corrected chi connectivity index (χ0v) is 22.2. The molecular weight excluding hydrogens is 512 g/mol. The Morgan fingerprint density at radius 1 is 0.946 bits per heavy atom. The minimum Gasteiger partial charge on any atom is -0.413 e. The van der Waals surface area contributed by atoms with Crippen LogP contribution in [0.3, 0.4) is 0 Å². The van der Waals surface area contributed by atoms with Crippen molar-refractivity contribution < 1.29 is 35.6 Å². The number of aromatic amines is 1. The summed E-state index contributed by atoms with van der Waals surface area (Å²) in [6.45, 7) is 9.47. The minimum atomic E-state index is -4.97. The number of hydrogen-bond donors (Lipinski definition) is 1. The average Bonchev–Trinajstić information content (AvgIpc) is 3.18. The number of allylic oxidation sites excluding steroid dienone is 1. The maximum Gasteiger partial charge on any atom is 0.416 e. The van der Waals surface area contributed by atoms with Crippen molar-refractivity contribution in [2.45, 2.75) is 52.3 Å². The third-order valence-corrected chi connectivity index (χ3v) is 6.78. The molecule has 200 valence electrons. The monoisotopic (exact) mass is 541 g/mol. The van der Waals surface area contributed by atoms with Gasteiger partial charge >= 0.3 is 12.4 Å². The number of para-hydroxylation sites is 1. The van der Waals surface area contributed by atoms with Gasteiger partial charge in [0.25, 0.3) is 0 Å². The van der Waals surface area contributed by atoms with Gasteiger partial charge in [0, 0.05) is 22.7 Å². The van der Waals surface area contributed by atoms with Crippen LogP contribution < -0.4 is 0 Å². The fraction of sp³-hybridized carbons (Fsp3) is 0.370. The van der Waals surface area contributed by atoms with Gasteiger partial charge in [-0.05, 0) is 54.4 Å². The number of halogens is 6. The summed E-state index contributed by atoms with van der Waals surface area (Å²) in [7, 11) is -1.69. The molecule has 1 N–H and O–H groups in total. The van der Waals surface area contributed by atoms with Gasteiger partial charge in [0.15, 0.2) is 14.8 Å². The Hall–Kier alpha value is -2.85. The van der Waals surface area contributed by atoms with Gasteiger partial charge in [0.2, 0.25) is 0 Å². The topological polar surface area (TPSA) is 42.1 Å². The molecule has 0 radical (unpaired) electrons. The Bertz CT molecular complexity index is 1250. The molecule has 2 unspecified atom stereocenters. The van der Waals surface area contributed by atoms with E-state index in [1.807, 2.05) is 58.1 Å². The SMILES string of the molecule is C[SiH](C)OC(c1c[nH]c2ccccc12)C(C(=O)C=Cc1cc(C(F)(F)F)cc(C(F)(F)F)c1)C(C)(C)C. The molecular formula is C27H29F6NO2Si. The van der Waals surface area contributed by atoms with Crippen molar-refractivity contribution in [2.75, 3.05) is 0 Å². The number of alkyl halides is 6. The summed E-state index contributed by atoms with van der Waals surface area (Å²) in [5, 5.41) is 0.876. The van der Waals surface area contributed by atoms with E-state index < -0.39 is 55.7 Å². The molecule has 0 spiro atoms. The molecule has 2 aromatic carbocycles. The lowest BCUT2D eigenvalue weighted by atomic mass is 9.73. The van der Waals surface area contributed by atoms with Crippen LogP contribution in [0.2, 0.25) is 13.1 Å². The second-order valence-corrected chi connectivity index (χ2v) is 12.7. The first-order valence-electron chi connectivity index (χ1n) is 11.7. The van der Waals surface area contributed by atoms with Crippen molar-refractivity contribution in [3.8, 4) is 0 Å². The largest absolute Gasteiger partial charge is 0.416 e. The van der Waals surface area contributed by atoms with E-state index in [0.29, 0.717) is 12.1 Å². The Balaban J connectivity index is 2.07. The Morgan fingerprint density at radius 3 is 2.03 bits per heavy atom. The lowest BCUT2D eigenvalue weighted by Gasteiger charge is -2.36. The third-order valence-electron chi connectivity index (χ3n) is 5.94. The molecule has 1 heterocycles. The van der Waals surface area contributed by atoms with Crippen LogP contribution >= 0.6 is 0 Å². The fourth-order valence-electron chi connectivity index (χ4n) is 4.34. The van der Waals surface area contributed by atoms with Crippen LogP contribution in [-0.2, 0) is 21.6 Å². The van der Waals surface area contributed by atoms with Crippen LogP contribution in [0.15, 0.2) is 54.7 Å². The zero-order valence-electron chi connectivity index (χ0n) is 21.1. The zero-order chi connectivity index (χ0) is 27.8. The predicted octanol–water partition coefficient (Wildman–Crippen LogP) is 8.19. The average molecular weight is 542 g/mol. The van der Waals surface area contributed by atoms with Crippen molar-refractivity contribution in [1.29, 1.82) is 0 Å². The van der Waals surface area contributed by atoms with Crippen molar-refractivity contribution >= 4 is 31.8 Å². The highest BCUT2D eigenvalue weighted by molar-refractivity contribution is 6.48. The van der Waals surface area contributed by atoms with Crippen LogP contribution in [0.25, 0.3) is 17.0 Å². The number of hydrogen-bond acceptors (Lipinski definition) is 2. The van der Waals surface area contributed by atoms with Crippen LogP contribution in [-0.4, -0.2) is 19.8 Å². The molecule has 0 bridgehead atoms. The summed E-state index contributed by atoms with van der Waals surface area (Å²) in [5.74, 6) is -1.21. The predicted molar refractivity (Wildman–Crippen MR) is 134 cm³/mol. The summed E-state index contributed by atoms with van der Waals surface area (Å²) in [6.07, 6.45) is -6.77. The van der Waals surface area contributed by atoms with Gasteiger partial charge < -0.3 is 9.41 Å². The van der Waals surface area contributed by atoms with Crippen LogP contribution in [0.5, 0.6) is 0 Å². The van der Waals surface area contributed by atoms with Gasteiger partial charge in [0.1, 0.15) is 0 Å². The van der Waals surface area contributed by atoms with Crippen LogP contribution in [0, 0.1) is 11.3 Å². The summed E-state index contributed by atoms with van der Waals surface area (Å²) in [6, 6.07) is 8.78. The first-order chi connectivity index (χ1) is 17.0. The highest BCUT2D eigenvalue weighted by Gasteiger charge is 2.40. The van der Waals surface area contributed by atoms with Gasteiger partial charge in [0.05, 0.1) is 23.1 Å². The lowest BCUT2D eigenvalue weighted by molar-refractivity contribution is -0.143. The Labute approximate surface area is 213 Å². The number of benzene rings is 2. The number of aromatic nitrogens is 1. The Kier molecular flexibility index (Phi) is 8.14. The molecule has 0 saturated carbocycles. The summed E-state index contributed by atoms with van der Waals surface area (Å²) in [4.78, 5) is 16.8. The van der Waals surface area contributed by atoms with Crippen LogP contribution in [0.4, 0.5) is 26.3 Å². The van der Waals surface area contributed by atoms with Gasteiger partial charge in [-0.3, -0.25) is 4.79 Å². The van der Waals surface area contributed by atoms with Gasteiger partial charge in [-0.25, -0.2) is 0 Å². The van der Waals surface area contributed by atoms with Crippen molar-refractivity contribution in [2.24, 2.45) is 11.3 Å². The highest BCUT2D eigenvalue weighted by atomic mass is 28.3. The molecule has 3 aromatic rings. The normalized spacial score (nSPS) is 15.0. The number of fused-ring (bicyclic) bond motifs is 1. The van der Waals surface area contributed by atoms with Crippen molar-refractivity contribution in [1.82, 2.24) is 4.98 Å². The number of nitrogens with one attached hydrogen (secondary N) is 1. The van der Waals surface area contributed by atoms with E-state index in [1.54, 1.807) is 6.20 Å². The molecule has 0 aliphatic heterocycles. The number of H-pyrrole nitrogens is 1. The van der Waals surface area contributed by atoms with E-state index in [9.17, 15) is 31.1 Å². The molecule has 3 rings (SSSR count). The fourth-order valence-corrected chi connectivity index (χ4v) is 5.23. The molecule has 37 heavy (non-hydrogen) atoms. The molecule has 1 aromatic heterocycles. The van der Waals surface area contributed by atoms with E-state index in [2.05, 4.69) is 4.98 Å². The number of carbonyl (C=O) groups is 1. The van der Waals surface area contributed by atoms with Gasteiger partial charge in [-0.1, -0.05) is 45.0 Å². The molecule has 0 saturated heterocycles. The van der Waals surface area contributed by atoms with Crippen molar-refractivity contribution in [3.63, 3.8) is 0 Å². The first-order valence-corrected chi connectivity index (χ1v) is 14.5. The van der Waals surface area contributed by atoms with Gasteiger partial charge in [-0.15, -0.1) is 0 Å². The molecule has 10 heteroatoms. The Morgan fingerprint density at radius 2 is 1.51 bits per heavy atom. The number of rotatable bonds is 7. The van der Waals surface area contributed by atoms with Crippen LogP contribution in [0.1, 0.15) is 49.1 Å². The first kappa shape index (κ1) is 28.7. The molecule has 0 fully saturated rings. The maximum atomic E-state index is 13.6. The quantitative estimate of drug-likeness (QED) is 0.186. The smallest absolute Gasteiger partial charge is 0.413 e. The van der Waals surface area contributed by atoms with E-state index in [4.69, 9.17) is 4.43 Å². The molecule has 0 amide bonds. The molecule has 2 atom stereocenters. The number of ketones is 1. The molecule has 0 aliphatic carbocycles. The maximum absolute atomic E-state index is 13.6. The minimum absolute atomic E-state index is 0.0608. The third kappa shape index (κ3) is 6.92. The summed E-state index contributed by atoms with van der Waals surface area (Å²) >= 11 is 0. The van der Waals surface area contributed by atoms with Crippen molar-refractivity contribution in [3.05, 3.63) is 77.0 Å². The molecule has 3 nitrogen and oxygen atoms in total. The summed E-state index contributed by atoms with van der Waals surface area (Å²) in [5.41, 5.74) is -2.25. The van der Waals surface area contributed by atoms with Gasteiger partial charge in [-0.2, -0.15) is 26.3 Å². The lowest BCUT2D eigenvalue weighted by Crippen LogP contribution is -2.36. The standard InChI is InChI=1S/C27H29F6NO2Si/c1-25(2,3)23(24(36-37(4)5)20-15-34-21-9-7-6-8-19(20)21)22(35)11-10-16-12-17(26(28,29)30)14-18(13-16)27(31,32)33/h6-15,23-24,34,37H,1-5H3. The second kappa shape index (κ2) is 10.5. The molecule has 0 aliphatic rings. The van der Waals surface area contributed by atoms with E-state index in [1.165, 1.54) is 0 Å². The van der Waals surface area contributed by atoms with E-state index >= 15 is 0 Å². The number of carbonyl (C=O) groups excluding carboxylic acids is 1. The highest BCUT2D eigenvalue weighted by Crippen LogP contribution is 2.43. The van der Waals surface area contributed by atoms with E-state index in [0.717, 1.165) is 28.6 Å². The van der Waals surface area contributed by atoms with E-state index in [-0.39, 0.29) is 11.6 Å². The summed E-state index contributed by atoms with van der Waals surface area (Å²) < 4.78 is 85.9. The second-order valence-electron chi connectivity index (χ2n) is 10.3.